The van der Waals surface area contributed by atoms with Crippen LogP contribution in [-0.4, -0.2) is 66.0 Å². The molecule has 0 radical (unpaired) electrons. The van der Waals surface area contributed by atoms with E-state index in [2.05, 4.69) is 15.5 Å². The summed E-state index contributed by atoms with van der Waals surface area (Å²) in [5, 5.41) is 17.3. The SMILES string of the molecule is CC(C)(C)C(=O)N1CCN(c2ccc(NC(=S)NC(=O)c3ccc(N4CCCC4)c([N+](=O)[O-])c3)cc2)CC1. The molecule has 38 heavy (non-hydrogen) atoms. The van der Waals surface area contributed by atoms with Crippen molar-refractivity contribution in [2.45, 2.75) is 33.6 Å². The second-order valence-corrected chi connectivity index (χ2v) is 11.0. The van der Waals surface area contributed by atoms with Gasteiger partial charge in [-0.1, -0.05) is 20.8 Å². The molecule has 202 valence electrons. The molecule has 0 spiro atoms. The van der Waals surface area contributed by atoms with Crippen LogP contribution in [0.2, 0.25) is 0 Å². The van der Waals surface area contributed by atoms with Gasteiger partial charge in [0.25, 0.3) is 11.6 Å². The lowest BCUT2D eigenvalue weighted by atomic mass is 9.94. The summed E-state index contributed by atoms with van der Waals surface area (Å²) in [5.41, 5.74) is 1.98. The van der Waals surface area contributed by atoms with Crippen LogP contribution in [0.3, 0.4) is 0 Å². The molecule has 0 unspecified atom stereocenters. The summed E-state index contributed by atoms with van der Waals surface area (Å²) in [6, 6.07) is 12.2. The fourth-order valence-corrected chi connectivity index (χ4v) is 4.98. The van der Waals surface area contributed by atoms with Gasteiger partial charge in [0.15, 0.2) is 5.11 Å². The molecular weight excluding hydrogens is 504 g/mol. The Morgan fingerprint density at radius 3 is 2.13 bits per heavy atom. The molecule has 2 aromatic carbocycles. The highest BCUT2D eigenvalue weighted by Gasteiger charge is 2.30. The van der Waals surface area contributed by atoms with Gasteiger partial charge in [-0.3, -0.25) is 25.0 Å². The van der Waals surface area contributed by atoms with Crippen molar-refractivity contribution in [2.75, 3.05) is 54.4 Å². The number of nitrogens with one attached hydrogen (secondary N) is 2. The molecule has 4 rings (SSSR count). The summed E-state index contributed by atoms with van der Waals surface area (Å²) < 4.78 is 0. The molecule has 2 aliphatic heterocycles. The highest BCUT2D eigenvalue weighted by atomic mass is 32.1. The maximum atomic E-state index is 12.7. The Hall–Kier alpha value is -3.73. The van der Waals surface area contributed by atoms with Gasteiger partial charge >= 0.3 is 0 Å². The first kappa shape index (κ1) is 27.3. The van der Waals surface area contributed by atoms with Crippen molar-refractivity contribution in [2.24, 2.45) is 5.41 Å². The third kappa shape index (κ3) is 6.39. The summed E-state index contributed by atoms with van der Waals surface area (Å²) in [5.74, 6) is -0.345. The quantitative estimate of drug-likeness (QED) is 0.334. The van der Waals surface area contributed by atoms with Crippen molar-refractivity contribution in [3.8, 4) is 0 Å². The number of carbonyl (C=O) groups excluding carboxylic acids is 2. The summed E-state index contributed by atoms with van der Waals surface area (Å²) in [7, 11) is 0. The van der Waals surface area contributed by atoms with Gasteiger partial charge < -0.3 is 20.0 Å². The Labute approximate surface area is 228 Å². The number of piperazine rings is 1. The van der Waals surface area contributed by atoms with E-state index in [4.69, 9.17) is 12.2 Å². The van der Waals surface area contributed by atoms with Gasteiger partial charge in [-0.15, -0.1) is 0 Å². The molecule has 2 amide bonds. The number of nitro benzene ring substituents is 1. The number of hydrogen-bond acceptors (Lipinski definition) is 7. The van der Waals surface area contributed by atoms with Crippen molar-refractivity contribution in [3.63, 3.8) is 0 Å². The summed E-state index contributed by atoms with van der Waals surface area (Å²) in [4.78, 5) is 42.6. The zero-order valence-electron chi connectivity index (χ0n) is 22.0. The zero-order chi connectivity index (χ0) is 27.4. The lowest BCUT2D eigenvalue weighted by Crippen LogP contribution is -2.51. The Kier molecular flexibility index (Phi) is 8.15. The summed E-state index contributed by atoms with van der Waals surface area (Å²) in [6.07, 6.45) is 1.99. The predicted molar refractivity (Wildman–Crippen MR) is 153 cm³/mol. The molecule has 2 N–H and O–H groups in total. The van der Waals surface area contributed by atoms with Crippen molar-refractivity contribution in [1.29, 1.82) is 0 Å². The summed E-state index contributed by atoms with van der Waals surface area (Å²) >= 11 is 5.30. The summed E-state index contributed by atoms with van der Waals surface area (Å²) in [6.45, 7) is 10.2. The molecule has 2 saturated heterocycles. The minimum Gasteiger partial charge on any atom is -0.368 e. The topological polar surface area (TPSA) is 111 Å². The number of hydrogen-bond donors (Lipinski definition) is 2. The highest BCUT2D eigenvalue weighted by Crippen LogP contribution is 2.31. The van der Waals surface area contributed by atoms with E-state index in [1.165, 1.54) is 6.07 Å². The molecule has 10 nitrogen and oxygen atoms in total. The number of rotatable bonds is 5. The Morgan fingerprint density at radius 1 is 0.921 bits per heavy atom. The van der Waals surface area contributed by atoms with Crippen LogP contribution in [0.15, 0.2) is 42.5 Å². The van der Waals surface area contributed by atoms with Crippen LogP contribution in [0.1, 0.15) is 44.0 Å². The van der Waals surface area contributed by atoms with Gasteiger partial charge in [0.05, 0.1) is 4.92 Å². The smallest absolute Gasteiger partial charge is 0.293 e. The van der Waals surface area contributed by atoms with Crippen LogP contribution in [-0.2, 0) is 4.79 Å². The molecule has 2 aliphatic rings. The minimum atomic E-state index is -0.516. The number of thiocarbonyl (C=S) groups is 1. The van der Waals surface area contributed by atoms with Crippen LogP contribution < -0.4 is 20.4 Å². The van der Waals surface area contributed by atoms with E-state index in [1.54, 1.807) is 12.1 Å². The fourth-order valence-electron chi connectivity index (χ4n) is 4.77. The fraction of sp³-hybridized carbons (Fsp3) is 0.444. The molecule has 11 heteroatoms. The molecular formula is C27H34N6O4S. The first-order valence-electron chi connectivity index (χ1n) is 12.8. The molecule has 0 saturated carbocycles. The standard InChI is InChI=1S/C27H34N6O4S/c1-27(2,3)25(35)32-16-14-30(15-17-32)21-9-7-20(8-10-21)28-26(38)29-24(34)19-6-11-22(23(18-19)33(36)37)31-12-4-5-13-31/h6-11,18H,4-5,12-17H2,1-3H3,(H2,28,29,34,38). The lowest BCUT2D eigenvalue weighted by Gasteiger charge is -2.38. The lowest BCUT2D eigenvalue weighted by molar-refractivity contribution is -0.384. The zero-order valence-corrected chi connectivity index (χ0v) is 22.8. The number of nitrogens with zero attached hydrogens (tertiary/aromatic N) is 4. The largest absolute Gasteiger partial charge is 0.368 e. The molecule has 2 aromatic rings. The first-order valence-corrected chi connectivity index (χ1v) is 13.2. The average Bonchev–Trinajstić information content (AvgIpc) is 3.43. The number of benzene rings is 2. The average molecular weight is 539 g/mol. The van der Waals surface area contributed by atoms with E-state index in [0.29, 0.717) is 24.5 Å². The molecule has 0 aliphatic carbocycles. The third-order valence-corrected chi connectivity index (χ3v) is 7.01. The Bertz CT molecular complexity index is 1210. The first-order chi connectivity index (χ1) is 18.0. The number of nitro groups is 1. The Morgan fingerprint density at radius 2 is 1.55 bits per heavy atom. The second-order valence-electron chi connectivity index (χ2n) is 10.6. The van der Waals surface area contributed by atoms with Crippen LogP contribution in [0.5, 0.6) is 0 Å². The normalized spacial score (nSPS) is 15.8. The number of anilines is 3. The van der Waals surface area contributed by atoms with E-state index in [1.807, 2.05) is 54.8 Å². The third-order valence-electron chi connectivity index (χ3n) is 6.81. The molecule has 0 aromatic heterocycles. The van der Waals surface area contributed by atoms with E-state index < -0.39 is 10.8 Å². The van der Waals surface area contributed by atoms with Crippen LogP contribution in [0.4, 0.5) is 22.7 Å². The number of amides is 2. The van der Waals surface area contributed by atoms with Crippen LogP contribution in [0, 0.1) is 15.5 Å². The van der Waals surface area contributed by atoms with E-state index in [0.717, 1.165) is 44.7 Å². The maximum Gasteiger partial charge on any atom is 0.293 e. The Balaban J connectivity index is 1.32. The minimum absolute atomic E-state index is 0.0855. The number of carbonyl (C=O) groups is 2. The van der Waals surface area contributed by atoms with Crippen LogP contribution in [0.25, 0.3) is 0 Å². The van der Waals surface area contributed by atoms with Gasteiger partial charge in [-0.25, -0.2) is 0 Å². The van der Waals surface area contributed by atoms with E-state index in [-0.39, 0.29) is 27.7 Å². The predicted octanol–water partition coefficient (Wildman–Crippen LogP) is 4.02. The van der Waals surface area contributed by atoms with Gasteiger partial charge in [0.1, 0.15) is 5.69 Å². The van der Waals surface area contributed by atoms with Crippen molar-refractivity contribution in [3.05, 3.63) is 58.1 Å². The maximum absolute atomic E-state index is 12.7. The van der Waals surface area contributed by atoms with Crippen molar-refractivity contribution in [1.82, 2.24) is 10.2 Å². The monoisotopic (exact) mass is 538 g/mol. The van der Waals surface area contributed by atoms with Gasteiger partial charge in [0.2, 0.25) is 5.91 Å². The van der Waals surface area contributed by atoms with Gasteiger partial charge in [-0.05, 0) is 61.5 Å². The van der Waals surface area contributed by atoms with E-state index in [9.17, 15) is 19.7 Å². The van der Waals surface area contributed by atoms with Crippen molar-refractivity contribution < 1.29 is 14.5 Å². The van der Waals surface area contributed by atoms with E-state index >= 15 is 0 Å². The van der Waals surface area contributed by atoms with Crippen LogP contribution >= 0.6 is 12.2 Å². The van der Waals surface area contributed by atoms with Gasteiger partial charge in [-0.2, -0.15) is 0 Å². The highest BCUT2D eigenvalue weighted by molar-refractivity contribution is 7.80. The van der Waals surface area contributed by atoms with Gasteiger partial charge in [0, 0.05) is 67.7 Å². The second kappa shape index (κ2) is 11.3. The molecule has 0 atom stereocenters. The molecule has 2 fully saturated rings. The molecule has 2 heterocycles. The van der Waals surface area contributed by atoms with Crippen molar-refractivity contribution >= 4 is 51.9 Å². The molecule has 0 bridgehead atoms.